The summed E-state index contributed by atoms with van der Waals surface area (Å²) >= 11 is 1.36. The second kappa shape index (κ2) is 11.2. The van der Waals surface area contributed by atoms with Gasteiger partial charge in [-0.15, -0.1) is 11.3 Å². The molecule has 4 aromatic heterocycles. The Kier molecular flexibility index (Phi) is 7.74. The Labute approximate surface area is 233 Å². The number of carbonyl (C=O) groups excluding carboxylic acids is 1. The molecule has 0 N–H and O–H groups in total. The maximum atomic E-state index is 11.9. The van der Waals surface area contributed by atoms with Crippen LogP contribution in [0.1, 0.15) is 15.4 Å². The van der Waals surface area contributed by atoms with E-state index in [1.54, 1.807) is 0 Å². The van der Waals surface area contributed by atoms with Crippen LogP contribution < -0.4 is 0 Å². The molecule has 0 saturated heterocycles. The van der Waals surface area contributed by atoms with E-state index < -0.39 is 8.07 Å². The van der Waals surface area contributed by atoms with E-state index >= 15 is 0 Å². The standard InChI is InChI=1S/C30H32N4O3SSi/c1-20-7-6-8-26(33-20)29-28(32-18-34(29)19-37-11-12-39(3,4)5)21-9-10-25-22(13-21)14-23(16-31-25)24-15-27(38-17-24)30(35)36-2/h6-10,13-18H,11-12,19H2,1-5H3. The molecule has 0 amide bonds. The van der Waals surface area contributed by atoms with Crippen LogP contribution in [0.15, 0.2) is 66.4 Å². The summed E-state index contributed by atoms with van der Waals surface area (Å²) in [7, 11) is 0.211. The Morgan fingerprint density at radius 3 is 2.62 bits per heavy atom. The third-order valence-corrected chi connectivity index (χ3v) is 9.08. The summed E-state index contributed by atoms with van der Waals surface area (Å²) in [4.78, 5) is 26.8. The largest absolute Gasteiger partial charge is 0.465 e. The summed E-state index contributed by atoms with van der Waals surface area (Å²) in [6, 6.07) is 17.2. The molecule has 39 heavy (non-hydrogen) atoms. The quantitative estimate of drug-likeness (QED) is 0.108. The van der Waals surface area contributed by atoms with E-state index in [9.17, 15) is 4.79 Å². The Morgan fingerprint density at radius 1 is 1.03 bits per heavy atom. The predicted octanol–water partition coefficient (Wildman–Crippen LogP) is 7.30. The molecule has 4 heterocycles. The first-order valence-electron chi connectivity index (χ1n) is 12.9. The maximum absolute atomic E-state index is 11.9. The van der Waals surface area contributed by atoms with E-state index in [-0.39, 0.29) is 5.97 Å². The molecule has 0 unspecified atom stereocenters. The van der Waals surface area contributed by atoms with Crippen LogP contribution >= 0.6 is 11.3 Å². The van der Waals surface area contributed by atoms with Crippen LogP contribution in [0.4, 0.5) is 0 Å². The second-order valence-electron chi connectivity index (χ2n) is 10.7. The number of pyridine rings is 2. The molecule has 1 aromatic carbocycles. The van der Waals surface area contributed by atoms with Crippen molar-refractivity contribution in [3.63, 3.8) is 0 Å². The molecular formula is C30H32N4O3SSi. The van der Waals surface area contributed by atoms with Crippen molar-refractivity contribution in [3.8, 4) is 33.8 Å². The minimum atomic E-state index is -1.18. The van der Waals surface area contributed by atoms with E-state index in [1.807, 2.05) is 65.8 Å². The Balaban J connectivity index is 1.51. The summed E-state index contributed by atoms with van der Waals surface area (Å²) in [5, 5.41) is 2.93. The average Bonchev–Trinajstić information content (AvgIpc) is 3.57. The number of hydrogen-bond acceptors (Lipinski definition) is 7. The SMILES string of the molecule is COC(=O)c1cc(-c2cnc3ccc(-c4ncn(COCC[Si](C)(C)C)c4-c4cccc(C)n4)cc3c2)cs1. The molecule has 0 saturated carbocycles. The van der Waals surface area contributed by atoms with Crippen molar-refractivity contribution in [2.45, 2.75) is 39.3 Å². The van der Waals surface area contributed by atoms with Crippen molar-refractivity contribution in [2.24, 2.45) is 0 Å². The molecule has 0 aliphatic heterocycles. The van der Waals surface area contributed by atoms with Gasteiger partial charge in [-0.3, -0.25) is 9.97 Å². The molecule has 7 nitrogen and oxygen atoms in total. The van der Waals surface area contributed by atoms with Crippen LogP contribution in [0.25, 0.3) is 44.7 Å². The lowest BCUT2D eigenvalue weighted by Crippen LogP contribution is -2.22. The highest BCUT2D eigenvalue weighted by Crippen LogP contribution is 2.34. The van der Waals surface area contributed by atoms with Crippen LogP contribution in [0.3, 0.4) is 0 Å². The number of aryl methyl sites for hydroxylation is 1. The molecule has 0 bridgehead atoms. The summed E-state index contributed by atoms with van der Waals surface area (Å²) in [5.74, 6) is -0.334. The topological polar surface area (TPSA) is 79.1 Å². The van der Waals surface area contributed by atoms with Gasteiger partial charge in [-0.1, -0.05) is 31.8 Å². The number of methoxy groups -OCH3 is 1. The van der Waals surface area contributed by atoms with Crippen LogP contribution in [-0.2, 0) is 16.2 Å². The number of hydrogen-bond donors (Lipinski definition) is 0. The van der Waals surface area contributed by atoms with Crippen molar-refractivity contribution in [2.75, 3.05) is 13.7 Å². The van der Waals surface area contributed by atoms with Crippen LogP contribution in [0, 0.1) is 6.92 Å². The highest BCUT2D eigenvalue weighted by atomic mass is 32.1. The van der Waals surface area contributed by atoms with Gasteiger partial charge >= 0.3 is 5.97 Å². The number of thiophene rings is 1. The number of rotatable bonds is 9. The third kappa shape index (κ3) is 6.16. The Morgan fingerprint density at radius 2 is 1.85 bits per heavy atom. The molecule has 9 heteroatoms. The normalized spacial score (nSPS) is 11.7. The Hall–Kier alpha value is -3.66. The zero-order chi connectivity index (χ0) is 27.6. The van der Waals surface area contributed by atoms with Gasteiger partial charge in [0.2, 0.25) is 0 Å². The van der Waals surface area contributed by atoms with Crippen LogP contribution in [0.2, 0.25) is 25.7 Å². The summed E-state index contributed by atoms with van der Waals surface area (Å²) in [5.41, 5.74) is 7.31. The molecule has 5 aromatic rings. The number of esters is 1. The average molecular weight is 557 g/mol. The smallest absolute Gasteiger partial charge is 0.348 e. The van der Waals surface area contributed by atoms with E-state index in [1.165, 1.54) is 18.4 Å². The van der Waals surface area contributed by atoms with Crippen molar-refractivity contribution in [1.29, 1.82) is 0 Å². The lowest BCUT2D eigenvalue weighted by Gasteiger charge is -2.16. The molecule has 0 aliphatic carbocycles. The number of imidazole rings is 1. The van der Waals surface area contributed by atoms with Gasteiger partial charge in [0.25, 0.3) is 0 Å². The zero-order valence-electron chi connectivity index (χ0n) is 22.9. The lowest BCUT2D eigenvalue weighted by molar-refractivity contribution is 0.0606. The third-order valence-electron chi connectivity index (χ3n) is 6.47. The second-order valence-corrected chi connectivity index (χ2v) is 17.3. The number of benzene rings is 1. The highest BCUT2D eigenvalue weighted by molar-refractivity contribution is 7.12. The minimum absolute atomic E-state index is 0.334. The van der Waals surface area contributed by atoms with Crippen LogP contribution in [-0.4, -0.2) is 47.3 Å². The molecule has 0 fully saturated rings. The van der Waals surface area contributed by atoms with Crippen LogP contribution in [0.5, 0.6) is 0 Å². The number of ether oxygens (including phenoxy) is 2. The molecule has 5 rings (SSSR count). The van der Waals surface area contributed by atoms with Gasteiger partial charge in [-0.25, -0.2) is 9.78 Å². The fourth-order valence-corrected chi connectivity index (χ4v) is 5.90. The fraction of sp³-hybridized carbons (Fsp3) is 0.267. The minimum Gasteiger partial charge on any atom is -0.465 e. The molecule has 0 radical (unpaired) electrons. The van der Waals surface area contributed by atoms with E-state index in [0.29, 0.717) is 11.6 Å². The summed E-state index contributed by atoms with van der Waals surface area (Å²) < 4.78 is 13.0. The van der Waals surface area contributed by atoms with E-state index in [0.717, 1.165) is 63.0 Å². The number of aromatic nitrogens is 4. The van der Waals surface area contributed by atoms with E-state index in [2.05, 4.69) is 36.8 Å². The molecule has 0 atom stereocenters. The zero-order valence-corrected chi connectivity index (χ0v) is 24.7. The number of nitrogens with zero attached hydrogens (tertiary/aromatic N) is 4. The molecule has 200 valence electrons. The van der Waals surface area contributed by atoms with Gasteiger partial charge in [-0.2, -0.15) is 0 Å². The fourth-order valence-electron chi connectivity index (χ4n) is 4.31. The summed E-state index contributed by atoms with van der Waals surface area (Å²) in [6.07, 6.45) is 3.67. The maximum Gasteiger partial charge on any atom is 0.348 e. The molecule has 0 spiro atoms. The number of carbonyl (C=O) groups is 1. The van der Waals surface area contributed by atoms with Gasteiger partial charge in [0, 0.05) is 43.1 Å². The monoisotopic (exact) mass is 556 g/mol. The lowest BCUT2D eigenvalue weighted by atomic mass is 10.0. The summed E-state index contributed by atoms with van der Waals surface area (Å²) in [6.45, 7) is 10.2. The van der Waals surface area contributed by atoms with Gasteiger partial charge in [0.05, 0.1) is 36.0 Å². The first-order chi connectivity index (χ1) is 18.7. The van der Waals surface area contributed by atoms with Crippen molar-refractivity contribution >= 4 is 36.3 Å². The van der Waals surface area contributed by atoms with Crippen molar-refractivity contribution in [1.82, 2.24) is 19.5 Å². The first kappa shape index (κ1) is 26.9. The van der Waals surface area contributed by atoms with Gasteiger partial charge in [0.1, 0.15) is 11.6 Å². The predicted molar refractivity (Wildman–Crippen MR) is 160 cm³/mol. The first-order valence-corrected chi connectivity index (χ1v) is 17.4. The van der Waals surface area contributed by atoms with Crippen molar-refractivity contribution in [3.05, 3.63) is 77.0 Å². The van der Waals surface area contributed by atoms with Gasteiger partial charge < -0.3 is 14.0 Å². The molecular weight excluding hydrogens is 525 g/mol. The van der Waals surface area contributed by atoms with E-state index in [4.69, 9.17) is 19.4 Å². The highest BCUT2D eigenvalue weighted by Gasteiger charge is 2.18. The van der Waals surface area contributed by atoms with Gasteiger partial charge in [-0.05, 0) is 60.3 Å². The molecule has 0 aliphatic rings. The Bertz CT molecular complexity index is 1640. The van der Waals surface area contributed by atoms with Crippen molar-refractivity contribution < 1.29 is 14.3 Å². The van der Waals surface area contributed by atoms with Gasteiger partial charge in [0.15, 0.2) is 0 Å². The number of fused-ring (bicyclic) bond motifs is 1.